The van der Waals surface area contributed by atoms with Crippen molar-refractivity contribution in [1.29, 1.82) is 0 Å². The molecular formula is C17H16. The Morgan fingerprint density at radius 3 is 2.71 bits per heavy atom. The van der Waals surface area contributed by atoms with Crippen LogP contribution in [0.4, 0.5) is 0 Å². The van der Waals surface area contributed by atoms with Crippen LogP contribution in [0.5, 0.6) is 0 Å². The monoisotopic (exact) mass is 220 g/mol. The Bertz CT molecular complexity index is 618. The standard InChI is InChI=1S/C17H16/c1-11(2)15-6-4-5-14-10-13-8-7-12(3)9-16(13)17(14)15/h4-9H,1,10H2,2-3H3. The molecule has 0 nitrogen and oxygen atoms in total. The predicted molar refractivity (Wildman–Crippen MR) is 74.1 cm³/mol. The van der Waals surface area contributed by atoms with Crippen LogP contribution < -0.4 is 0 Å². The van der Waals surface area contributed by atoms with Crippen molar-refractivity contribution in [2.75, 3.05) is 0 Å². The van der Waals surface area contributed by atoms with E-state index in [0.29, 0.717) is 0 Å². The average molecular weight is 220 g/mol. The van der Waals surface area contributed by atoms with Crippen molar-refractivity contribution in [3.8, 4) is 11.1 Å². The summed E-state index contributed by atoms with van der Waals surface area (Å²) in [5.74, 6) is 0. The van der Waals surface area contributed by atoms with E-state index in [0.717, 1.165) is 12.0 Å². The van der Waals surface area contributed by atoms with Gasteiger partial charge in [-0.05, 0) is 48.1 Å². The SMILES string of the molecule is C=C(C)c1cccc2c1-c1cc(C)ccc1C2. The molecule has 0 spiro atoms. The Morgan fingerprint density at radius 1 is 1.12 bits per heavy atom. The zero-order chi connectivity index (χ0) is 12.0. The minimum Gasteiger partial charge on any atom is -0.0955 e. The van der Waals surface area contributed by atoms with Gasteiger partial charge in [-0.1, -0.05) is 54.1 Å². The van der Waals surface area contributed by atoms with E-state index in [2.05, 4.69) is 56.8 Å². The van der Waals surface area contributed by atoms with Crippen LogP contribution in [0.15, 0.2) is 43.0 Å². The summed E-state index contributed by atoms with van der Waals surface area (Å²) >= 11 is 0. The van der Waals surface area contributed by atoms with E-state index in [9.17, 15) is 0 Å². The van der Waals surface area contributed by atoms with Gasteiger partial charge in [0.15, 0.2) is 0 Å². The van der Waals surface area contributed by atoms with Gasteiger partial charge in [-0.3, -0.25) is 0 Å². The van der Waals surface area contributed by atoms with Crippen LogP contribution in [0.2, 0.25) is 0 Å². The largest absolute Gasteiger partial charge is 0.0955 e. The third-order valence-electron chi connectivity index (χ3n) is 3.53. The lowest BCUT2D eigenvalue weighted by Gasteiger charge is -2.09. The molecule has 0 unspecified atom stereocenters. The number of fused-ring (bicyclic) bond motifs is 3. The van der Waals surface area contributed by atoms with E-state index < -0.39 is 0 Å². The Labute approximate surface area is 103 Å². The van der Waals surface area contributed by atoms with Gasteiger partial charge in [0.1, 0.15) is 0 Å². The Hall–Kier alpha value is -1.82. The quantitative estimate of drug-likeness (QED) is 0.562. The highest BCUT2D eigenvalue weighted by Gasteiger charge is 2.21. The first-order valence-electron chi connectivity index (χ1n) is 6.04. The van der Waals surface area contributed by atoms with Crippen molar-refractivity contribution in [3.63, 3.8) is 0 Å². The summed E-state index contributed by atoms with van der Waals surface area (Å²) in [7, 11) is 0. The molecule has 2 aromatic rings. The number of allylic oxidation sites excluding steroid dienone is 1. The van der Waals surface area contributed by atoms with Crippen molar-refractivity contribution < 1.29 is 0 Å². The maximum Gasteiger partial charge on any atom is -0.00132 e. The van der Waals surface area contributed by atoms with Gasteiger partial charge < -0.3 is 0 Å². The molecule has 0 N–H and O–H groups in total. The Morgan fingerprint density at radius 2 is 1.94 bits per heavy atom. The first kappa shape index (κ1) is 10.3. The molecule has 0 aromatic heterocycles. The molecule has 0 saturated heterocycles. The molecule has 0 aliphatic heterocycles. The second kappa shape index (κ2) is 3.59. The topological polar surface area (TPSA) is 0 Å². The van der Waals surface area contributed by atoms with Crippen molar-refractivity contribution >= 4 is 5.57 Å². The highest BCUT2D eigenvalue weighted by molar-refractivity contribution is 5.87. The van der Waals surface area contributed by atoms with Crippen LogP contribution in [0.1, 0.15) is 29.2 Å². The van der Waals surface area contributed by atoms with E-state index in [1.165, 1.54) is 33.4 Å². The van der Waals surface area contributed by atoms with Crippen molar-refractivity contribution in [2.45, 2.75) is 20.3 Å². The molecule has 0 atom stereocenters. The van der Waals surface area contributed by atoms with Gasteiger partial charge in [-0.2, -0.15) is 0 Å². The fourth-order valence-corrected chi connectivity index (χ4v) is 2.70. The molecule has 3 rings (SSSR count). The number of benzene rings is 2. The molecule has 1 aliphatic rings. The summed E-state index contributed by atoms with van der Waals surface area (Å²) < 4.78 is 0. The zero-order valence-electron chi connectivity index (χ0n) is 10.4. The molecule has 0 radical (unpaired) electrons. The molecule has 0 saturated carbocycles. The van der Waals surface area contributed by atoms with Gasteiger partial charge >= 0.3 is 0 Å². The fourth-order valence-electron chi connectivity index (χ4n) is 2.70. The van der Waals surface area contributed by atoms with Crippen LogP contribution in [-0.2, 0) is 6.42 Å². The molecule has 0 heterocycles. The minimum absolute atomic E-state index is 1.06. The van der Waals surface area contributed by atoms with Crippen LogP contribution in [-0.4, -0.2) is 0 Å². The number of rotatable bonds is 1. The first-order chi connectivity index (χ1) is 8.16. The molecule has 0 bridgehead atoms. The summed E-state index contributed by atoms with van der Waals surface area (Å²) in [5.41, 5.74) is 9.46. The summed E-state index contributed by atoms with van der Waals surface area (Å²) in [6.45, 7) is 8.34. The highest BCUT2D eigenvalue weighted by Crippen LogP contribution is 2.41. The normalized spacial score (nSPS) is 12.1. The lowest BCUT2D eigenvalue weighted by molar-refractivity contribution is 1.25. The van der Waals surface area contributed by atoms with E-state index in [1.54, 1.807) is 0 Å². The van der Waals surface area contributed by atoms with Crippen molar-refractivity contribution in [2.24, 2.45) is 0 Å². The molecule has 1 aliphatic carbocycles. The molecule has 0 amide bonds. The van der Waals surface area contributed by atoms with E-state index in [-0.39, 0.29) is 0 Å². The van der Waals surface area contributed by atoms with E-state index in [1.807, 2.05) is 0 Å². The Kier molecular flexibility index (Phi) is 2.19. The maximum atomic E-state index is 4.10. The van der Waals surface area contributed by atoms with Crippen molar-refractivity contribution in [1.82, 2.24) is 0 Å². The summed E-state index contributed by atoms with van der Waals surface area (Å²) in [4.78, 5) is 0. The van der Waals surface area contributed by atoms with Gasteiger partial charge in [0.25, 0.3) is 0 Å². The second-order valence-electron chi connectivity index (χ2n) is 4.96. The van der Waals surface area contributed by atoms with E-state index >= 15 is 0 Å². The lowest BCUT2D eigenvalue weighted by Crippen LogP contribution is -1.87. The molecule has 2 aromatic carbocycles. The van der Waals surface area contributed by atoms with Crippen molar-refractivity contribution in [3.05, 3.63) is 65.2 Å². The lowest BCUT2D eigenvalue weighted by atomic mass is 9.95. The Balaban J connectivity index is 2.33. The second-order valence-corrected chi connectivity index (χ2v) is 4.96. The average Bonchev–Trinajstić information content (AvgIpc) is 2.66. The van der Waals surface area contributed by atoms with Gasteiger partial charge in [0.05, 0.1) is 0 Å². The van der Waals surface area contributed by atoms with Crippen LogP contribution in [0.25, 0.3) is 16.7 Å². The zero-order valence-corrected chi connectivity index (χ0v) is 10.4. The minimum atomic E-state index is 1.06. The number of hydrogen-bond donors (Lipinski definition) is 0. The highest BCUT2D eigenvalue weighted by atomic mass is 14.2. The summed E-state index contributed by atoms with van der Waals surface area (Å²) in [5, 5.41) is 0. The number of aryl methyl sites for hydroxylation is 1. The molecule has 0 fully saturated rings. The summed E-state index contributed by atoms with van der Waals surface area (Å²) in [6, 6.07) is 13.3. The van der Waals surface area contributed by atoms with Gasteiger partial charge in [0, 0.05) is 0 Å². The van der Waals surface area contributed by atoms with Crippen LogP contribution >= 0.6 is 0 Å². The maximum absolute atomic E-state index is 4.10. The predicted octanol–water partition coefficient (Wildman–Crippen LogP) is 4.60. The third-order valence-corrected chi connectivity index (χ3v) is 3.53. The molecule has 84 valence electrons. The first-order valence-corrected chi connectivity index (χ1v) is 6.04. The van der Waals surface area contributed by atoms with Crippen LogP contribution in [0.3, 0.4) is 0 Å². The number of hydrogen-bond acceptors (Lipinski definition) is 0. The van der Waals surface area contributed by atoms with Crippen LogP contribution in [0, 0.1) is 6.92 Å². The smallest absolute Gasteiger partial charge is 0.00132 e. The molecule has 0 heteroatoms. The third kappa shape index (κ3) is 1.52. The van der Waals surface area contributed by atoms with Gasteiger partial charge in [-0.25, -0.2) is 0 Å². The van der Waals surface area contributed by atoms with Gasteiger partial charge in [-0.15, -0.1) is 0 Å². The fraction of sp³-hybridized carbons (Fsp3) is 0.176. The van der Waals surface area contributed by atoms with E-state index in [4.69, 9.17) is 0 Å². The van der Waals surface area contributed by atoms with Gasteiger partial charge in [0.2, 0.25) is 0 Å². The summed E-state index contributed by atoms with van der Waals surface area (Å²) in [6.07, 6.45) is 1.06. The molecule has 17 heavy (non-hydrogen) atoms. The molecular weight excluding hydrogens is 204 g/mol.